The van der Waals surface area contributed by atoms with Crippen LogP contribution >= 0.6 is 0 Å². The van der Waals surface area contributed by atoms with Gasteiger partial charge in [0.25, 0.3) is 5.91 Å². The van der Waals surface area contributed by atoms with Crippen LogP contribution in [-0.2, 0) is 24.3 Å². The number of ether oxygens (including phenoxy) is 1. The van der Waals surface area contributed by atoms with E-state index in [-0.39, 0.29) is 4.90 Å². The second-order valence-corrected chi connectivity index (χ2v) is 6.52. The molecule has 2 unspecified atom stereocenters. The van der Waals surface area contributed by atoms with Crippen LogP contribution in [-0.4, -0.2) is 45.5 Å². The van der Waals surface area contributed by atoms with E-state index < -0.39 is 40.1 Å². The molecular weight excluding hydrogens is 338 g/mol. The third kappa shape index (κ3) is 5.63. The van der Waals surface area contributed by atoms with Crippen molar-refractivity contribution < 1.29 is 27.5 Å². The average molecular weight is 357 g/mol. The van der Waals surface area contributed by atoms with Gasteiger partial charge in [0.1, 0.15) is 6.04 Å². The van der Waals surface area contributed by atoms with Crippen LogP contribution in [0.3, 0.4) is 0 Å². The zero-order valence-corrected chi connectivity index (χ0v) is 14.2. The summed E-state index contributed by atoms with van der Waals surface area (Å²) in [5.41, 5.74) is 0. The van der Waals surface area contributed by atoms with Crippen molar-refractivity contribution in [2.24, 2.45) is 0 Å². The second kappa shape index (κ2) is 8.41. The molecule has 2 atom stereocenters. The number of nitrogens with one attached hydrogen (secondary N) is 3. The molecule has 10 heteroatoms. The molecule has 3 N–H and O–H groups in total. The van der Waals surface area contributed by atoms with Gasteiger partial charge in [0, 0.05) is 7.05 Å². The molecule has 0 aliphatic rings. The standard InChI is InChI=1S/C14H19N3O6S/c1-9(17-24(21,22)11-7-5-4-6-8-11)13(19)23-10(2)12(18)16-14(20)15-3/h4-10,17H,1-3H3,(H2,15,16,18,20). The SMILES string of the molecule is CNC(=O)NC(=O)C(C)OC(=O)C(C)NS(=O)(=O)c1ccccc1. The van der Waals surface area contributed by atoms with E-state index in [4.69, 9.17) is 4.74 Å². The Balaban J connectivity index is 2.65. The van der Waals surface area contributed by atoms with Crippen molar-refractivity contribution in [3.05, 3.63) is 30.3 Å². The first kappa shape index (κ1) is 19.6. The summed E-state index contributed by atoms with van der Waals surface area (Å²) in [5.74, 6) is -1.78. The first-order chi connectivity index (χ1) is 11.2. The minimum absolute atomic E-state index is 0.00458. The van der Waals surface area contributed by atoms with E-state index in [0.29, 0.717) is 0 Å². The van der Waals surface area contributed by atoms with Gasteiger partial charge in [-0.05, 0) is 26.0 Å². The minimum Gasteiger partial charge on any atom is -0.451 e. The maximum absolute atomic E-state index is 12.1. The fourth-order valence-electron chi connectivity index (χ4n) is 1.55. The van der Waals surface area contributed by atoms with E-state index in [9.17, 15) is 22.8 Å². The molecule has 0 spiro atoms. The fourth-order valence-corrected chi connectivity index (χ4v) is 2.77. The molecule has 9 nitrogen and oxygen atoms in total. The van der Waals surface area contributed by atoms with Gasteiger partial charge in [0.05, 0.1) is 4.90 Å². The van der Waals surface area contributed by atoms with Gasteiger partial charge < -0.3 is 10.1 Å². The zero-order chi connectivity index (χ0) is 18.3. The van der Waals surface area contributed by atoms with Crippen molar-refractivity contribution in [2.45, 2.75) is 30.9 Å². The van der Waals surface area contributed by atoms with Crippen LogP contribution in [0.5, 0.6) is 0 Å². The Kier molecular flexibility index (Phi) is 6.86. The molecule has 0 saturated heterocycles. The molecule has 0 fully saturated rings. The van der Waals surface area contributed by atoms with E-state index >= 15 is 0 Å². The van der Waals surface area contributed by atoms with Crippen molar-refractivity contribution in [3.63, 3.8) is 0 Å². The molecule has 3 amide bonds. The van der Waals surface area contributed by atoms with Crippen LogP contribution in [0.25, 0.3) is 0 Å². The van der Waals surface area contributed by atoms with E-state index in [1.165, 1.54) is 33.0 Å². The van der Waals surface area contributed by atoms with Gasteiger partial charge in [-0.1, -0.05) is 18.2 Å². The zero-order valence-electron chi connectivity index (χ0n) is 13.4. The van der Waals surface area contributed by atoms with Crippen LogP contribution < -0.4 is 15.4 Å². The van der Waals surface area contributed by atoms with Crippen LogP contribution in [0.2, 0.25) is 0 Å². The first-order valence-corrected chi connectivity index (χ1v) is 8.46. The Morgan fingerprint density at radius 2 is 1.67 bits per heavy atom. The highest BCUT2D eigenvalue weighted by molar-refractivity contribution is 7.89. The van der Waals surface area contributed by atoms with Gasteiger partial charge >= 0.3 is 12.0 Å². The third-order valence-corrected chi connectivity index (χ3v) is 4.42. The third-order valence-electron chi connectivity index (χ3n) is 2.86. The van der Waals surface area contributed by atoms with Crippen LogP contribution in [0, 0.1) is 0 Å². The second-order valence-electron chi connectivity index (χ2n) is 4.80. The van der Waals surface area contributed by atoms with Gasteiger partial charge in [-0.15, -0.1) is 0 Å². The number of carbonyl (C=O) groups is 3. The monoisotopic (exact) mass is 357 g/mol. The van der Waals surface area contributed by atoms with E-state index in [1.807, 2.05) is 5.32 Å². The van der Waals surface area contributed by atoms with Gasteiger partial charge in [-0.25, -0.2) is 13.2 Å². The number of amides is 3. The molecule has 0 saturated carbocycles. The Bertz CT molecular complexity index is 704. The summed E-state index contributed by atoms with van der Waals surface area (Å²) in [7, 11) is -2.58. The number of esters is 1. The summed E-state index contributed by atoms with van der Waals surface area (Å²) >= 11 is 0. The molecular formula is C14H19N3O6S. The van der Waals surface area contributed by atoms with Gasteiger partial charge in [-0.3, -0.25) is 14.9 Å². The van der Waals surface area contributed by atoms with Crippen molar-refractivity contribution in [1.82, 2.24) is 15.4 Å². The van der Waals surface area contributed by atoms with Crippen molar-refractivity contribution in [3.8, 4) is 0 Å². The van der Waals surface area contributed by atoms with Gasteiger partial charge in [-0.2, -0.15) is 4.72 Å². The molecule has 0 aliphatic heterocycles. The maximum atomic E-state index is 12.1. The number of hydrogen-bond donors (Lipinski definition) is 3. The van der Waals surface area contributed by atoms with Crippen LogP contribution in [0.1, 0.15) is 13.8 Å². The maximum Gasteiger partial charge on any atom is 0.324 e. The normalized spacial score (nSPS) is 13.5. The molecule has 24 heavy (non-hydrogen) atoms. The van der Waals surface area contributed by atoms with Crippen LogP contribution in [0.4, 0.5) is 4.79 Å². The average Bonchev–Trinajstić information content (AvgIpc) is 2.54. The smallest absolute Gasteiger partial charge is 0.324 e. The Morgan fingerprint density at radius 3 is 2.21 bits per heavy atom. The molecule has 1 rings (SSSR count). The van der Waals surface area contributed by atoms with E-state index in [1.54, 1.807) is 18.2 Å². The number of benzene rings is 1. The highest BCUT2D eigenvalue weighted by atomic mass is 32.2. The molecule has 0 radical (unpaired) electrons. The largest absolute Gasteiger partial charge is 0.451 e. The highest BCUT2D eigenvalue weighted by Gasteiger charge is 2.26. The predicted octanol–water partition coefficient (Wildman–Crippen LogP) is -0.259. The fraction of sp³-hybridized carbons (Fsp3) is 0.357. The number of urea groups is 1. The Hall–Kier alpha value is -2.46. The van der Waals surface area contributed by atoms with Crippen molar-refractivity contribution in [2.75, 3.05) is 7.05 Å². The minimum atomic E-state index is -3.90. The highest BCUT2D eigenvalue weighted by Crippen LogP contribution is 2.08. The lowest BCUT2D eigenvalue weighted by molar-refractivity contribution is -0.155. The predicted molar refractivity (Wildman–Crippen MR) is 84.4 cm³/mol. The topological polar surface area (TPSA) is 131 Å². The quantitative estimate of drug-likeness (QED) is 0.601. The lowest BCUT2D eigenvalue weighted by atomic mass is 10.3. The van der Waals surface area contributed by atoms with Gasteiger partial charge in [0.2, 0.25) is 10.0 Å². The number of imide groups is 1. The molecule has 0 bridgehead atoms. The molecule has 0 heterocycles. The lowest BCUT2D eigenvalue weighted by Crippen LogP contribution is -2.46. The summed E-state index contributed by atoms with van der Waals surface area (Å²) in [4.78, 5) is 34.5. The lowest BCUT2D eigenvalue weighted by Gasteiger charge is -2.17. The number of sulfonamides is 1. The molecule has 1 aromatic carbocycles. The number of carbonyl (C=O) groups excluding carboxylic acids is 3. The molecule has 1 aromatic rings. The molecule has 0 aliphatic carbocycles. The number of hydrogen-bond acceptors (Lipinski definition) is 6. The Morgan fingerprint density at radius 1 is 1.08 bits per heavy atom. The summed E-state index contributed by atoms with van der Waals surface area (Å²) in [6.45, 7) is 2.54. The summed E-state index contributed by atoms with van der Waals surface area (Å²) in [5, 5.41) is 4.12. The van der Waals surface area contributed by atoms with Crippen molar-refractivity contribution in [1.29, 1.82) is 0 Å². The first-order valence-electron chi connectivity index (χ1n) is 6.98. The van der Waals surface area contributed by atoms with E-state index in [0.717, 1.165) is 0 Å². The van der Waals surface area contributed by atoms with Crippen LogP contribution in [0.15, 0.2) is 35.2 Å². The summed E-state index contributed by atoms with van der Waals surface area (Å²) < 4.78 is 31.2. The Labute approximate surface area is 139 Å². The summed E-state index contributed by atoms with van der Waals surface area (Å²) in [6, 6.07) is 5.53. The molecule has 132 valence electrons. The molecule has 0 aromatic heterocycles. The number of rotatable bonds is 6. The summed E-state index contributed by atoms with van der Waals surface area (Å²) in [6.07, 6.45) is -1.27. The van der Waals surface area contributed by atoms with E-state index in [2.05, 4.69) is 10.0 Å². The van der Waals surface area contributed by atoms with Crippen molar-refractivity contribution >= 4 is 27.9 Å². The van der Waals surface area contributed by atoms with Gasteiger partial charge in [0.15, 0.2) is 6.10 Å².